The molecule has 6 heteroatoms. The summed E-state index contributed by atoms with van der Waals surface area (Å²) in [5, 5.41) is 19.6. The Hall–Kier alpha value is -3.83. The first-order valence-electron chi connectivity index (χ1n) is 23.2. The molecule has 16 rings (SSSR count). The van der Waals surface area contributed by atoms with Crippen molar-refractivity contribution >= 4 is 47.4 Å². The minimum absolute atomic E-state index is 0. The summed E-state index contributed by atoms with van der Waals surface area (Å²) in [7, 11) is -1.41. The zero-order chi connectivity index (χ0) is 41.9. The maximum Gasteiger partial charge on any atom is 0.488 e. The number of halogens is 3. The van der Waals surface area contributed by atoms with Gasteiger partial charge in [0.1, 0.15) is 0 Å². The first-order chi connectivity index (χ1) is 30.2. The Morgan fingerprint density at radius 2 is 0.778 bits per heavy atom. The Bertz CT molecular complexity index is 2630. The average molecular weight is 890 g/mol. The molecular weight excluding hydrogens is 834 g/mol. The third-order valence-electron chi connectivity index (χ3n) is 17.4. The Kier molecular flexibility index (Phi) is 10.6. The van der Waals surface area contributed by atoms with Crippen molar-refractivity contribution in [2.45, 2.75) is 82.5 Å². The van der Waals surface area contributed by atoms with Gasteiger partial charge in [0.25, 0.3) is 0 Å². The lowest BCUT2D eigenvalue weighted by Gasteiger charge is -2.61. The van der Waals surface area contributed by atoms with Crippen molar-refractivity contribution in [3.63, 3.8) is 0 Å². The molecule has 0 unspecified atom stereocenters. The maximum absolute atomic E-state index is 8.63. The van der Waals surface area contributed by atoms with Crippen LogP contribution >= 0.6 is 34.8 Å². The van der Waals surface area contributed by atoms with Crippen LogP contribution in [0.1, 0.15) is 93.9 Å². The van der Waals surface area contributed by atoms with Crippen LogP contribution in [0.4, 0.5) is 0 Å². The lowest BCUT2D eigenvalue weighted by atomic mass is 9.43. The molecule has 0 atom stereocenters. The van der Waals surface area contributed by atoms with E-state index in [4.69, 9.17) is 44.9 Å². The van der Waals surface area contributed by atoms with E-state index in [0.29, 0.717) is 10.5 Å². The second-order valence-corrected chi connectivity index (χ2v) is 21.5. The van der Waals surface area contributed by atoms with E-state index in [0.717, 1.165) is 57.4 Å². The van der Waals surface area contributed by atoms with E-state index in [1.807, 2.05) is 12.1 Å². The van der Waals surface area contributed by atoms with Crippen LogP contribution in [0.3, 0.4) is 0 Å². The van der Waals surface area contributed by atoms with Crippen LogP contribution < -0.4 is 5.46 Å². The number of fused-ring (bicyclic) bond motifs is 6. The highest BCUT2D eigenvalue weighted by atomic mass is 35.5. The normalized spacial score (nSPS) is 30.9. The van der Waals surface area contributed by atoms with Crippen LogP contribution in [0, 0.1) is 47.3 Å². The molecule has 0 saturated heterocycles. The summed E-state index contributed by atoms with van der Waals surface area (Å²) in [6, 6.07) is 47.0. The number of hydrogen-bond acceptors (Lipinski definition) is 2. The number of hydrogen-bond donors (Lipinski definition) is 2. The molecule has 6 aromatic rings. The quantitative estimate of drug-likeness (QED) is 0.170. The van der Waals surface area contributed by atoms with E-state index in [-0.39, 0.29) is 18.3 Å². The topological polar surface area (TPSA) is 40.5 Å². The molecule has 10 aliphatic rings. The number of benzene rings is 6. The lowest BCUT2D eigenvalue weighted by molar-refractivity contribution is -0.0399. The summed E-state index contributed by atoms with van der Waals surface area (Å²) in [5.74, 6) is 7.28. The molecule has 8 saturated carbocycles. The van der Waals surface area contributed by atoms with Gasteiger partial charge in [0.2, 0.25) is 0 Å². The van der Waals surface area contributed by atoms with Gasteiger partial charge in [-0.1, -0.05) is 145 Å². The van der Waals surface area contributed by atoms with Gasteiger partial charge in [-0.05, 0) is 197 Å². The van der Waals surface area contributed by atoms with Gasteiger partial charge < -0.3 is 10.0 Å². The van der Waals surface area contributed by atoms with Gasteiger partial charge >= 0.3 is 7.12 Å². The van der Waals surface area contributed by atoms with Crippen molar-refractivity contribution in [3.8, 4) is 33.4 Å². The molecule has 8 fully saturated rings. The molecule has 0 radical (unpaired) electrons. The summed E-state index contributed by atoms with van der Waals surface area (Å²) >= 11 is 18.4. The maximum atomic E-state index is 8.63. The molecule has 0 aromatic heterocycles. The van der Waals surface area contributed by atoms with Crippen LogP contribution in [0.2, 0.25) is 15.1 Å². The lowest BCUT2D eigenvalue weighted by Crippen LogP contribution is -2.55. The molecule has 10 aliphatic carbocycles. The van der Waals surface area contributed by atoms with Gasteiger partial charge in [-0.2, -0.15) is 0 Å². The molecule has 63 heavy (non-hydrogen) atoms. The predicted octanol–water partition coefficient (Wildman–Crippen LogP) is 14.4. The van der Waals surface area contributed by atoms with Crippen molar-refractivity contribution < 1.29 is 10.0 Å². The van der Waals surface area contributed by atoms with Gasteiger partial charge in [0.05, 0.1) is 0 Å². The molecule has 2 nitrogen and oxygen atoms in total. The predicted molar refractivity (Wildman–Crippen MR) is 263 cm³/mol. The standard InChI is InChI=1S/C28H25Cl.C22H21Cl.C6H6BClO2.CH4/c29-22-10-8-19(9-11-22)23-5-3-7-26-27(23)24-4-1-2-6-25(24)28(26)20-13-17-12-18(15-20)16-21(28)14-17;23-20-7-3-6-19-21(20)17-4-1-2-5-18(17)22(19)15-9-13-8-14(11-15)12-16(22)10-13;8-6-3-1-5(2-4-6)7(9)10;/h1-11,17-18,20-21H,12-16H2;1-7,13-16H,8-12H2;1-4,9-10H;1H4. The Labute approximate surface area is 389 Å². The number of rotatable bonds is 2. The molecule has 0 amide bonds. The van der Waals surface area contributed by atoms with Gasteiger partial charge in [-0.25, -0.2) is 0 Å². The highest BCUT2D eigenvalue weighted by molar-refractivity contribution is 6.58. The summed E-state index contributed by atoms with van der Waals surface area (Å²) in [4.78, 5) is 0. The molecule has 6 aromatic carbocycles. The van der Waals surface area contributed by atoms with Crippen molar-refractivity contribution in [2.75, 3.05) is 0 Å². The van der Waals surface area contributed by atoms with E-state index in [1.165, 1.54) is 97.6 Å². The summed E-state index contributed by atoms with van der Waals surface area (Å²) in [6.07, 6.45) is 14.5. The highest BCUT2D eigenvalue weighted by Crippen LogP contribution is 2.71. The molecule has 0 heterocycles. The van der Waals surface area contributed by atoms with E-state index in [9.17, 15) is 0 Å². The van der Waals surface area contributed by atoms with Gasteiger partial charge in [-0.15, -0.1) is 0 Å². The molecule has 2 N–H and O–H groups in total. The molecule has 320 valence electrons. The van der Waals surface area contributed by atoms with E-state index >= 15 is 0 Å². The SMILES string of the molecule is C.Clc1ccc(-c2cccc3c2-c2ccccc2C32C3CC4CC(C3)CC2C4)cc1.Clc1cccc2c1-c1ccccc1C21C2CC3CC(C2)CC1C3.OB(O)c1ccc(Cl)cc1. The van der Waals surface area contributed by atoms with Crippen LogP contribution in [-0.2, 0) is 10.8 Å². The zero-order valence-electron chi connectivity index (χ0n) is 35.0. The second kappa shape index (κ2) is 16.0. The van der Waals surface area contributed by atoms with Crippen LogP contribution in [0.25, 0.3) is 33.4 Å². The first-order valence-corrected chi connectivity index (χ1v) is 24.4. The Balaban J connectivity index is 0.000000117. The van der Waals surface area contributed by atoms with Crippen molar-refractivity contribution in [1.29, 1.82) is 0 Å². The highest BCUT2D eigenvalue weighted by Gasteiger charge is 2.63. The van der Waals surface area contributed by atoms with E-state index in [1.54, 1.807) is 46.5 Å². The van der Waals surface area contributed by atoms with Gasteiger partial charge in [-0.3, -0.25) is 0 Å². The fourth-order valence-corrected chi connectivity index (χ4v) is 16.4. The first kappa shape index (κ1) is 41.9. The third-order valence-corrected chi connectivity index (χ3v) is 18.2. The van der Waals surface area contributed by atoms with Crippen molar-refractivity contribution in [2.24, 2.45) is 47.3 Å². The van der Waals surface area contributed by atoms with Crippen LogP contribution in [0.5, 0.6) is 0 Å². The van der Waals surface area contributed by atoms with Gasteiger partial charge in [0.15, 0.2) is 0 Å². The summed E-state index contributed by atoms with van der Waals surface area (Å²) in [6.45, 7) is 0. The van der Waals surface area contributed by atoms with E-state index in [2.05, 4.69) is 97.1 Å². The minimum Gasteiger partial charge on any atom is -0.423 e. The largest absolute Gasteiger partial charge is 0.488 e. The van der Waals surface area contributed by atoms with E-state index < -0.39 is 7.12 Å². The fourth-order valence-electron chi connectivity index (χ4n) is 15.9. The fraction of sp³-hybridized carbons (Fsp3) is 0.368. The Morgan fingerprint density at radius 1 is 0.397 bits per heavy atom. The monoisotopic (exact) mass is 888 g/mol. The summed E-state index contributed by atoms with van der Waals surface area (Å²) in [5.41, 5.74) is 15.8. The second-order valence-electron chi connectivity index (χ2n) is 20.3. The third kappa shape index (κ3) is 6.34. The van der Waals surface area contributed by atoms with Crippen molar-refractivity contribution in [1.82, 2.24) is 0 Å². The average Bonchev–Trinajstić information content (AvgIpc) is 3.75. The molecular formula is C57H56BCl3O2. The molecule has 8 bridgehead atoms. The van der Waals surface area contributed by atoms with Gasteiger partial charge in [0, 0.05) is 31.5 Å². The smallest absolute Gasteiger partial charge is 0.423 e. The summed E-state index contributed by atoms with van der Waals surface area (Å²) < 4.78 is 0. The zero-order valence-corrected chi connectivity index (χ0v) is 37.3. The van der Waals surface area contributed by atoms with Crippen molar-refractivity contribution in [3.05, 3.63) is 171 Å². The molecule has 0 aliphatic heterocycles. The minimum atomic E-state index is -1.41. The molecule has 2 spiro atoms. The van der Waals surface area contributed by atoms with Crippen LogP contribution in [-0.4, -0.2) is 17.2 Å². The van der Waals surface area contributed by atoms with Crippen LogP contribution in [0.15, 0.2) is 133 Å². The Morgan fingerprint density at radius 3 is 1.25 bits per heavy atom.